The summed E-state index contributed by atoms with van der Waals surface area (Å²) in [6, 6.07) is 7.84. The topological polar surface area (TPSA) is 55.1 Å². The second-order valence-electron chi connectivity index (χ2n) is 5.70. The van der Waals surface area contributed by atoms with Crippen LogP contribution in [0.2, 0.25) is 5.02 Å². The average Bonchev–Trinajstić information content (AvgIpc) is 3.28. The Balaban J connectivity index is 1.57. The summed E-state index contributed by atoms with van der Waals surface area (Å²) in [6.07, 6.45) is 2.89. The van der Waals surface area contributed by atoms with E-state index in [1.165, 1.54) is 0 Å². The van der Waals surface area contributed by atoms with E-state index in [1.54, 1.807) is 22.7 Å². The van der Waals surface area contributed by atoms with E-state index in [0.717, 1.165) is 43.5 Å². The second kappa shape index (κ2) is 6.74. The summed E-state index contributed by atoms with van der Waals surface area (Å²) in [6.45, 7) is 4.16. The first-order valence-corrected chi connectivity index (χ1v) is 10.0. The number of hydrogen-bond acceptors (Lipinski definition) is 6. The molecule has 0 bridgehead atoms. The number of benzene rings is 1. The predicted molar refractivity (Wildman–Crippen MR) is 105 cm³/mol. The zero-order valence-electron chi connectivity index (χ0n) is 13.7. The van der Waals surface area contributed by atoms with Crippen LogP contribution in [-0.4, -0.2) is 19.6 Å². The van der Waals surface area contributed by atoms with Crippen LogP contribution in [0.25, 0.3) is 16.2 Å². The van der Waals surface area contributed by atoms with Crippen LogP contribution in [0.4, 0.5) is 5.13 Å². The molecule has 128 valence electrons. The molecule has 0 saturated heterocycles. The number of halogens is 1. The van der Waals surface area contributed by atoms with E-state index < -0.39 is 0 Å². The zero-order chi connectivity index (χ0) is 17.4. The lowest BCUT2D eigenvalue weighted by molar-refractivity contribution is 0.734. The van der Waals surface area contributed by atoms with Gasteiger partial charge in [-0.05, 0) is 25.5 Å². The van der Waals surface area contributed by atoms with Crippen LogP contribution in [0.15, 0.2) is 35.8 Å². The summed E-state index contributed by atoms with van der Waals surface area (Å²) in [5.74, 6) is 0. The third kappa shape index (κ3) is 3.40. The Morgan fingerprint density at radius 1 is 1.24 bits per heavy atom. The molecular weight excluding hydrogens is 374 g/mol. The average molecular weight is 390 g/mol. The van der Waals surface area contributed by atoms with Crippen LogP contribution in [-0.2, 0) is 0 Å². The van der Waals surface area contributed by atoms with Gasteiger partial charge in [-0.25, -0.2) is 14.5 Å². The Morgan fingerprint density at radius 3 is 2.68 bits per heavy atom. The Kier molecular flexibility index (Phi) is 4.45. The maximum Gasteiger partial charge on any atom is 0.214 e. The first kappa shape index (κ1) is 16.5. The van der Waals surface area contributed by atoms with Crippen molar-refractivity contribution in [2.24, 2.45) is 0 Å². The highest BCUT2D eigenvalue weighted by Gasteiger charge is 2.16. The Labute approximate surface area is 158 Å². The maximum absolute atomic E-state index is 5.94. The lowest BCUT2D eigenvalue weighted by Crippen LogP contribution is -2.09. The van der Waals surface area contributed by atoms with Gasteiger partial charge in [0.2, 0.25) is 10.1 Å². The third-order valence-corrected chi connectivity index (χ3v) is 6.01. The van der Waals surface area contributed by atoms with Crippen molar-refractivity contribution in [2.45, 2.75) is 26.3 Å². The van der Waals surface area contributed by atoms with E-state index in [4.69, 9.17) is 11.6 Å². The molecule has 1 unspecified atom stereocenters. The highest BCUT2D eigenvalue weighted by molar-refractivity contribution is 7.20. The standard InChI is InChI=1S/C17H16ClN5S2/c1-3-13(15-19-10(2)9-24-15)20-16-22-23-8-14(21-17(23)25-16)11-4-6-12(18)7-5-11/h4-9,13H,3H2,1-2H3,(H,20,22). The summed E-state index contributed by atoms with van der Waals surface area (Å²) >= 11 is 9.17. The zero-order valence-corrected chi connectivity index (χ0v) is 16.1. The lowest BCUT2D eigenvalue weighted by Gasteiger charge is -2.12. The molecule has 0 aliphatic rings. The summed E-state index contributed by atoms with van der Waals surface area (Å²) in [4.78, 5) is 10.1. The van der Waals surface area contributed by atoms with E-state index in [-0.39, 0.29) is 6.04 Å². The molecule has 25 heavy (non-hydrogen) atoms. The highest BCUT2D eigenvalue weighted by atomic mass is 35.5. The SMILES string of the molecule is CCC(Nc1nn2cc(-c3ccc(Cl)cc3)nc2s1)c1nc(C)cs1. The molecule has 0 spiro atoms. The third-order valence-electron chi connectivity index (χ3n) is 3.82. The molecule has 0 radical (unpaired) electrons. The van der Waals surface area contributed by atoms with Crippen molar-refractivity contribution in [3.63, 3.8) is 0 Å². The molecule has 1 N–H and O–H groups in total. The van der Waals surface area contributed by atoms with Crippen LogP contribution in [0.1, 0.15) is 30.1 Å². The van der Waals surface area contributed by atoms with E-state index >= 15 is 0 Å². The molecule has 0 aliphatic carbocycles. The Hall–Kier alpha value is -1.96. The summed E-state index contributed by atoms with van der Waals surface area (Å²) in [5.41, 5.74) is 2.98. The van der Waals surface area contributed by atoms with Gasteiger partial charge in [-0.1, -0.05) is 42.0 Å². The van der Waals surface area contributed by atoms with Gasteiger partial charge < -0.3 is 5.32 Å². The summed E-state index contributed by atoms with van der Waals surface area (Å²) in [7, 11) is 0. The van der Waals surface area contributed by atoms with Crippen molar-refractivity contribution < 1.29 is 0 Å². The molecule has 0 fully saturated rings. The van der Waals surface area contributed by atoms with Crippen LogP contribution in [0.3, 0.4) is 0 Å². The van der Waals surface area contributed by atoms with Crippen LogP contribution in [0.5, 0.6) is 0 Å². The number of anilines is 1. The molecule has 1 aromatic carbocycles. The van der Waals surface area contributed by atoms with Gasteiger partial charge in [0.05, 0.1) is 17.9 Å². The van der Waals surface area contributed by atoms with Gasteiger partial charge in [-0.3, -0.25) is 0 Å². The molecule has 0 aliphatic heterocycles. The van der Waals surface area contributed by atoms with Gasteiger partial charge in [-0.2, -0.15) is 0 Å². The monoisotopic (exact) mass is 389 g/mol. The number of thiazole rings is 1. The molecule has 3 aromatic heterocycles. The van der Waals surface area contributed by atoms with Crippen molar-refractivity contribution in [3.05, 3.63) is 51.6 Å². The summed E-state index contributed by atoms with van der Waals surface area (Å²) < 4.78 is 1.82. The van der Waals surface area contributed by atoms with Gasteiger partial charge in [0, 0.05) is 21.7 Å². The van der Waals surface area contributed by atoms with E-state index in [9.17, 15) is 0 Å². The summed E-state index contributed by atoms with van der Waals surface area (Å²) in [5, 5.41) is 12.8. The van der Waals surface area contributed by atoms with Crippen LogP contribution in [0, 0.1) is 6.92 Å². The number of nitrogens with zero attached hydrogens (tertiary/aromatic N) is 4. The molecule has 4 aromatic rings. The minimum Gasteiger partial charge on any atom is -0.351 e. The molecule has 3 heterocycles. The van der Waals surface area contributed by atoms with Crippen molar-refractivity contribution in [1.29, 1.82) is 0 Å². The number of nitrogens with one attached hydrogen (secondary N) is 1. The second-order valence-corrected chi connectivity index (χ2v) is 7.98. The van der Waals surface area contributed by atoms with Crippen LogP contribution >= 0.6 is 34.3 Å². The van der Waals surface area contributed by atoms with E-state index in [2.05, 4.69) is 32.7 Å². The van der Waals surface area contributed by atoms with Gasteiger partial charge in [0.25, 0.3) is 0 Å². The quantitative estimate of drug-likeness (QED) is 0.493. The predicted octanol–water partition coefficient (Wildman–Crippen LogP) is 5.44. The number of imidazole rings is 1. The Bertz CT molecular complexity index is 970. The van der Waals surface area contributed by atoms with Crippen molar-refractivity contribution in [3.8, 4) is 11.3 Å². The molecule has 5 nitrogen and oxygen atoms in total. The molecule has 4 rings (SSSR count). The van der Waals surface area contributed by atoms with Crippen molar-refractivity contribution in [1.82, 2.24) is 19.6 Å². The molecule has 8 heteroatoms. The molecule has 0 amide bonds. The minimum atomic E-state index is 0.172. The van der Waals surface area contributed by atoms with E-state index in [0.29, 0.717) is 0 Å². The normalized spacial score (nSPS) is 12.6. The Morgan fingerprint density at radius 2 is 2.04 bits per heavy atom. The molecular formula is C17H16ClN5S2. The number of hydrogen-bond donors (Lipinski definition) is 1. The van der Waals surface area contributed by atoms with Crippen LogP contribution < -0.4 is 5.32 Å². The maximum atomic E-state index is 5.94. The number of aryl methyl sites for hydroxylation is 1. The molecule has 0 saturated carbocycles. The lowest BCUT2D eigenvalue weighted by atomic mass is 10.2. The minimum absolute atomic E-state index is 0.172. The molecule has 1 atom stereocenters. The largest absolute Gasteiger partial charge is 0.351 e. The first-order valence-electron chi connectivity index (χ1n) is 7.93. The fraction of sp³-hybridized carbons (Fsp3) is 0.235. The van der Waals surface area contributed by atoms with Gasteiger partial charge in [0.1, 0.15) is 5.01 Å². The fourth-order valence-electron chi connectivity index (χ4n) is 2.54. The van der Waals surface area contributed by atoms with Gasteiger partial charge >= 0.3 is 0 Å². The van der Waals surface area contributed by atoms with E-state index in [1.807, 2.05) is 41.9 Å². The number of fused-ring (bicyclic) bond motifs is 1. The van der Waals surface area contributed by atoms with Gasteiger partial charge in [-0.15, -0.1) is 16.4 Å². The first-order chi connectivity index (χ1) is 12.1. The fourth-order valence-corrected chi connectivity index (χ4v) is 4.43. The van der Waals surface area contributed by atoms with Crippen molar-refractivity contribution >= 4 is 44.4 Å². The highest BCUT2D eigenvalue weighted by Crippen LogP contribution is 2.29. The number of aromatic nitrogens is 4. The van der Waals surface area contributed by atoms with Gasteiger partial charge in [0.15, 0.2) is 0 Å². The van der Waals surface area contributed by atoms with Crippen molar-refractivity contribution in [2.75, 3.05) is 5.32 Å². The smallest absolute Gasteiger partial charge is 0.214 e. The number of rotatable bonds is 5.